The second-order valence-corrected chi connectivity index (χ2v) is 12.4. The third-order valence-electron chi connectivity index (χ3n) is 6.39. The van der Waals surface area contributed by atoms with Crippen LogP contribution in [0.2, 0.25) is 15.1 Å². The van der Waals surface area contributed by atoms with Crippen LogP contribution in [0.1, 0.15) is 37.8 Å². The van der Waals surface area contributed by atoms with Gasteiger partial charge in [0.2, 0.25) is 11.8 Å². The van der Waals surface area contributed by atoms with Crippen molar-refractivity contribution in [2.45, 2.75) is 51.1 Å². The molecule has 7 nitrogen and oxygen atoms in total. The number of rotatable bonds is 12. The zero-order valence-electron chi connectivity index (χ0n) is 22.5. The standard InChI is InChI=1S/C29H32Cl3N3O4S/c1-4-5-15-33-29(37)21(3)34(18-22-12-14-25(30)27(32)16-22)28(36)19-35(23-13-11-20(2)26(31)17-23)40(38,39)24-9-7-6-8-10-24/h6-14,16-17,21H,4-5,15,18-19H2,1-3H3,(H,33,37)/t21-/m0/s1. The summed E-state index contributed by atoms with van der Waals surface area (Å²) >= 11 is 18.6. The van der Waals surface area contributed by atoms with Crippen molar-refractivity contribution in [2.24, 2.45) is 0 Å². The fourth-order valence-electron chi connectivity index (χ4n) is 3.94. The monoisotopic (exact) mass is 623 g/mol. The van der Waals surface area contributed by atoms with E-state index in [0.717, 1.165) is 22.7 Å². The Hall–Kier alpha value is -2.78. The molecule has 3 rings (SSSR count). The van der Waals surface area contributed by atoms with Crippen molar-refractivity contribution in [2.75, 3.05) is 17.4 Å². The number of unbranched alkanes of at least 4 members (excludes halogenated alkanes) is 1. The van der Waals surface area contributed by atoms with Gasteiger partial charge in [-0.25, -0.2) is 8.42 Å². The Bertz CT molecular complexity index is 1450. The van der Waals surface area contributed by atoms with Gasteiger partial charge in [-0.2, -0.15) is 0 Å². The molecule has 0 spiro atoms. The van der Waals surface area contributed by atoms with Crippen LogP contribution < -0.4 is 9.62 Å². The van der Waals surface area contributed by atoms with Gasteiger partial charge in [-0.3, -0.25) is 13.9 Å². The molecule has 40 heavy (non-hydrogen) atoms. The Labute approximate surface area is 251 Å². The van der Waals surface area contributed by atoms with Crippen LogP contribution in [0, 0.1) is 6.92 Å². The zero-order chi connectivity index (χ0) is 29.4. The van der Waals surface area contributed by atoms with Crippen LogP contribution >= 0.6 is 34.8 Å². The van der Waals surface area contributed by atoms with Crippen LogP contribution in [-0.2, 0) is 26.2 Å². The van der Waals surface area contributed by atoms with Gasteiger partial charge in [-0.05, 0) is 67.8 Å². The molecule has 0 unspecified atom stereocenters. The SMILES string of the molecule is CCCCNC(=O)[C@H](C)N(Cc1ccc(Cl)c(Cl)c1)C(=O)CN(c1ccc(C)c(Cl)c1)S(=O)(=O)c1ccccc1. The predicted molar refractivity (Wildman–Crippen MR) is 162 cm³/mol. The van der Waals surface area contributed by atoms with Crippen LogP contribution in [0.25, 0.3) is 0 Å². The number of halogens is 3. The summed E-state index contributed by atoms with van der Waals surface area (Å²) in [5, 5.41) is 3.86. The maximum Gasteiger partial charge on any atom is 0.264 e. The van der Waals surface area contributed by atoms with E-state index in [-0.39, 0.29) is 23.0 Å². The molecule has 3 aromatic carbocycles. The first kappa shape index (κ1) is 31.7. The van der Waals surface area contributed by atoms with Crippen molar-refractivity contribution in [3.05, 3.63) is 92.9 Å². The number of amides is 2. The summed E-state index contributed by atoms with van der Waals surface area (Å²) in [5.41, 5.74) is 1.61. The number of hydrogen-bond donors (Lipinski definition) is 1. The molecule has 0 heterocycles. The number of aryl methyl sites for hydroxylation is 1. The molecule has 1 N–H and O–H groups in total. The summed E-state index contributed by atoms with van der Waals surface area (Å²) in [6.07, 6.45) is 1.68. The molecule has 0 saturated heterocycles. The van der Waals surface area contributed by atoms with Crippen molar-refractivity contribution in [3.63, 3.8) is 0 Å². The average molecular weight is 625 g/mol. The lowest BCUT2D eigenvalue weighted by Crippen LogP contribution is -2.51. The van der Waals surface area contributed by atoms with Crippen molar-refractivity contribution in [3.8, 4) is 0 Å². The molecule has 0 aliphatic carbocycles. The lowest BCUT2D eigenvalue weighted by Gasteiger charge is -2.32. The number of benzene rings is 3. The van der Waals surface area contributed by atoms with Gasteiger partial charge in [0.1, 0.15) is 12.6 Å². The van der Waals surface area contributed by atoms with Gasteiger partial charge in [-0.15, -0.1) is 0 Å². The summed E-state index contributed by atoms with van der Waals surface area (Å²) in [4.78, 5) is 28.3. The van der Waals surface area contributed by atoms with Crippen molar-refractivity contribution in [1.82, 2.24) is 10.2 Å². The van der Waals surface area contributed by atoms with E-state index in [4.69, 9.17) is 34.8 Å². The average Bonchev–Trinajstić information content (AvgIpc) is 2.93. The maximum absolute atomic E-state index is 13.9. The van der Waals surface area contributed by atoms with Crippen LogP contribution in [0.3, 0.4) is 0 Å². The third-order valence-corrected chi connectivity index (χ3v) is 9.32. The highest BCUT2D eigenvalue weighted by atomic mass is 35.5. The van der Waals surface area contributed by atoms with E-state index in [9.17, 15) is 18.0 Å². The molecule has 0 aromatic heterocycles. The predicted octanol–water partition coefficient (Wildman–Crippen LogP) is 6.48. The van der Waals surface area contributed by atoms with Crippen LogP contribution in [0.4, 0.5) is 5.69 Å². The lowest BCUT2D eigenvalue weighted by atomic mass is 10.1. The summed E-state index contributed by atoms with van der Waals surface area (Å²) in [6, 6.07) is 16.6. The van der Waals surface area contributed by atoms with E-state index in [2.05, 4.69) is 5.32 Å². The fraction of sp³-hybridized carbons (Fsp3) is 0.310. The fourth-order valence-corrected chi connectivity index (χ4v) is 5.86. The third kappa shape index (κ3) is 7.91. The maximum atomic E-state index is 13.9. The second kappa shape index (κ2) is 14.2. The first-order valence-electron chi connectivity index (χ1n) is 12.8. The lowest BCUT2D eigenvalue weighted by molar-refractivity contribution is -0.139. The molecule has 11 heteroatoms. The number of hydrogen-bond acceptors (Lipinski definition) is 4. The highest BCUT2D eigenvalue weighted by Gasteiger charge is 2.32. The summed E-state index contributed by atoms with van der Waals surface area (Å²) in [5.74, 6) is -0.932. The van der Waals surface area contributed by atoms with E-state index in [0.29, 0.717) is 27.2 Å². The Morgan fingerprint density at radius 3 is 2.25 bits per heavy atom. The first-order chi connectivity index (χ1) is 18.9. The Morgan fingerprint density at radius 1 is 0.925 bits per heavy atom. The molecule has 0 bridgehead atoms. The van der Waals surface area contributed by atoms with Crippen LogP contribution in [0.15, 0.2) is 71.6 Å². The van der Waals surface area contributed by atoms with Gasteiger partial charge in [0, 0.05) is 18.1 Å². The second-order valence-electron chi connectivity index (χ2n) is 9.35. The van der Waals surface area contributed by atoms with E-state index in [1.807, 2.05) is 6.92 Å². The molecule has 0 radical (unpaired) electrons. The molecule has 214 valence electrons. The molecule has 0 aliphatic rings. The highest BCUT2D eigenvalue weighted by molar-refractivity contribution is 7.92. The summed E-state index contributed by atoms with van der Waals surface area (Å²) < 4.78 is 28.6. The number of nitrogens with one attached hydrogen (secondary N) is 1. The zero-order valence-corrected chi connectivity index (χ0v) is 25.6. The molecule has 0 saturated carbocycles. The smallest absolute Gasteiger partial charge is 0.264 e. The minimum atomic E-state index is -4.17. The van der Waals surface area contributed by atoms with Gasteiger partial charge in [0.25, 0.3) is 10.0 Å². The number of anilines is 1. The van der Waals surface area contributed by atoms with E-state index < -0.39 is 28.5 Å². The first-order valence-corrected chi connectivity index (χ1v) is 15.4. The van der Waals surface area contributed by atoms with E-state index >= 15 is 0 Å². The topological polar surface area (TPSA) is 86.8 Å². The minimum absolute atomic E-state index is 0.00592. The van der Waals surface area contributed by atoms with Gasteiger partial charge < -0.3 is 10.2 Å². The molecular formula is C29H32Cl3N3O4S. The number of carbonyl (C=O) groups is 2. The normalized spacial score (nSPS) is 12.1. The molecule has 0 aliphatic heterocycles. The highest BCUT2D eigenvalue weighted by Crippen LogP contribution is 2.29. The Morgan fingerprint density at radius 2 is 1.62 bits per heavy atom. The van der Waals surface area contributed by atoms with Crippen molar-refractivity contribution < 1.29 is 18.0 Å². The van der Waals surface area contributed by atoms with Gasteiger partial charge in [-0.1, -0.05) is 78.5 Å². The molecule has 1 atom stereocenters. The number of carbonyl (C=O) groups excluding carboxylic acids is 2. The van der Waals surface area contributed by atoms with Crippen LogP contribution in [-0.4, -0.2) is 44.3 Å². The number of sulfonamides is 1. The van der Waals surface area contributed by atoms with Crippen molar-refractivity contribution >= 4 is 62.3 Å². The van der Waals surface area contributed by atoms with E-state index in [1.54, 1.807) is 62.4 Å². The Balaban J connectivity index is 2.02. The largest absolute Gasteiger partial charge is 0.354 e. The molecule has 2 amide bonds. The molecule has 0 fully saturated rings. The van der Waals surface area contributed by atoms with Gasteiger partial charge in [0.15, 0.2) is 0 Å². The van der Waals surface area contributed by atoms with Gasteiger partial charge >= 0.3 is 0 Å². The number of nitrogens with zero attached hydrogens (tertiary/aromatic N) is 2. The Kier molecular flexibility index (Phi) is 11.3. The van der Waals surface area contributed by atoms with Crippen molar-refractivity contribution in [1.29, 1.82) is 0 Å². The van der Waals surface area contributed by atoms with Gasteiger partial charge in [0.05, 0.1) is 20.6 Å². The van der Waals surface area contributed by atoms with E-state index in [1.165, 1.54) is 23.1 Å². The minimum Gasteiger partial charge on any atom is -0.354 e. The molecule has 3 aromatic rings. The quantitative estimate of drug-likeness (QED) is 0.234. The van der Waals surface area contributed by atoms with Crippen LogP contribution in [0.5, 0.6) is 0 Å². The molecular weight excluding hydrogens is 593 g/mol. The summed E-state index contributed by atoms with van der Waals surface area (Å²) in [7, 11) is -4.17. The summed E-state index contributed by atoms with van der Waals surface area (Å²) in [6.45, 7) is 5.32.